The minimum atomic E-state index is -0.783. The second-order valence-corrected chi connectivity index (χ2v) is 12.3. The average Bonchev–Trinajstić information content (AvgIpc) is 2.95. The summed E-state index contributed by atoms with van der Waals surface area (Å²) in [5.41, 5.74) is 5.15. The van der Waals surface area contributed by atoms with Gasteiger partial charge in [0.25, 0.3) is 0 Å². The van der Waals surface area contributed by atoms with Gasteiger partial charge in [0.05, 0.1) is 18.6 Å². The molecule has 1 aromatic carbocycles. The summed E-state index contributed by atoms with van der Waals surface area (Å²) in [6.45, 7) is 13.2. The van der Waals surface area contributed by atoms with Gasteiger partial charge in [-0.25, -0.2) is 4.79 Å². The normalized spacial score (nSPS) is 23.4. The van der Waals surface area contributed by atoms with E-state index in [9.17, 15) is 9.59 Å². The molecule has 1 heterocycles. The molecule has 0 atom stereocenters. The first-order valence-electron chi connectivity index (χ1n) is 15.1. The third kappa shape index (κ3) is 10.2. The molecule has 1 fully saturated rings. The molecule has 1 aliphatic carbocycles. The Morgan fingerprint density at radius 1 is 1.00 bits per heavy atom. The molecular weight excluding hydrogens is 528 g/mol. The monoisotopic (exact) mass is 576 g/mol. The Labute approximate surface area is 252 Å². The summed E-state index contributed by atoms with van der Waals surface area (Å²) in [5, 5.41) is 0. The number of allylic oxidation sites excluding steroid dienone is 9. The molecule has 0 radical (unpaired) electrons. The number of hydrogen-bond donors (Lipinski definition) is 0. The summed E-state index contributed by atoms with van der Waals surface area (Å²) in [6.07, 6.45) is 15.9. The van der Waals surface area contributed by atoms with Crippen LogP contribution in [-0.2, 0) is 28.5 Å². The highest BCUT2D eigenvalue weighted by atomic mass is 16.7. The number of hydrogen-bond acceptors (Lipinski definition) is 6. The first-order chi connectivity index (χ1) is 20.0. The molecule has 0 aromatic heterocycles. The van der Waals surface area contributed by atoms with Crippen LogP contribution < -0.4 is 0 Å². The van der Waals surface area contributed by atoms with Crippen LogP contribution in [0.2, 0.25) is 0 Å². The quantitative estimate of drug-likeness (QED) is 0.142. The lowest BCUT2D eigenvalue weighted by Crippen LogP contribution is -2.46. The summed E-state index contributed by atoms with van der Waals surface area (Å²) in [7, 11) is 0. The number of esters is 2. The van der Waals surface area contributed by atoms with Crippen LogP contribution >= 0.6 is 0 Å². The minimum Gasteiger partial charge on any atom is -0.465 e. The maximum atomic E-state index is 12.7. The second kappa shape index (κ2) is 15.9. The third-order valence-corrected chi connectivity index (χ3v) is 7.79. The third-order valence-electron chi connectivity index (χ3n) is 7.79. The van der Waals surface area contributed by atoms with Gasteiger partial charge in [0.2, 0.25) is 0 Å². The Morgan fingerprint density at radius 3 is 2.36 bits per heavy atom. The van der Waals surface area contributed by atoms with Gasteiger partial charge in [0.1, 0.15) is 13.2 Å². The maximum absolute atomic E-state index is 12.7. The molecule has 228 valence electrons. The zero-order valence-corrected chi connectivity index (χ0v) is 26.2. The lowest BCUT2D eigenvalue weighted by atomic mass is 9.72. The van der Waals surface area contributed by atoms with Crippen LogP contribution in [0.4, 0.5) is 0 Å². The highest BCUT2D eigenvalue weighted by Gasteiger charge is 2.40. The van der Waals surface area contributed by atoms with Crippen LogP contribution in [0.15, 0.2) is 89.1 Å². The molecule has 42 heavy (non-hydrogen) atoms. The fraction of sp³-hybridized carbons (Fsp3) is 0.500. The van der Waals surface area contributed by atoms with Crippen molar-refractivity contribution >= 4 is 11.9 Å². The van der Waals surface area contributed by atoms with Gasteiger partial charge in [0.15, 0.2) is 6.29 Å². The Bertz CT molecular complexity index is 1210. The fourth-order valence-corrected chi connectivity index (χ4v) is 5.25. The van der Waals surface area contributed by atoms with E-state index in [0.29, 0.717) is 12.8 Å². The number of ether oxygens (including phenoxy) is 4. The van der Waals surface area contributed by atoms with Crippen LogP contribution in [0.1, 0.15) is 85.5 Å². The molecule has 0 amide bonds. The van der Waals surface area contributed by atoms with Gasteiger partial charge in [-0.05, 0) is 63.0 Å². The summed E-state index contributed by atoms with van der Waals surface area (Å²) in [6, 6.07) is 9.64. The molecule has 6 nitrogen and oxygen atoms in total. The number of rotatable bonds is 12. The molecule has 0 spiro atoms. The van der Waals surface area contributed by atoms with Gasteiger partial charge < -0.3 is 18.9 Å². The highest BCUT2D eigenvalue weighted by Crippen LogP contribution is 2.40. The SMILES string of the molecule is CCCC(=O)OCC1(COC(=O)/C=C(C)/C=C/C=C(C)/C=C/C2=C(C)CCCC2(C)C)COC(c2ccccc2)OC1. The van der Waals surface area contributed by atoms with Crippen LogP contribution in [0, 0.1) is 10.8 Å². The summed E-state index contributed by atoms with van der Waals surface area (Å²) in [5.74, 6) is -0.758. The largest absolute Gasteiger partial charge is 0.465 e. The number of carbonyl (C=O) groups is 2. The van der Waals surface area contributed by atoms with E-state index in [1.165, 1.54) is 36.5 Å². The lowest BCUT2D eigenvalue weighted by molar-refractivity contribution is -0.251. The Kier molecular flexibility index (Phi) is 12.6. The molecule has 6 heteroatoms. The molecule has 1 aromatic rings. The van der Waals surface area contributed by atoms with Crippen molar-refractivity contribution in [3.63, 3.8) is 0 Å². The van der Waals surface area contributed by atoms with E-state index in [1.807, 2.05) is 62.4 Å². The first kappa shape index (κ1) is 33.3. The van der Waals surface area contributed by atoms with Gasteiger partial charge in [-0.15, -0.1) is 0 Å². The number of benzene rings is 1. The van der Waals surface area contributed by atoms with Gasteiger partial charge in [-0.1, -0.05) is 92.6 Å². The molecule has 0 bridgehead atoms. The molecule has 2 aliphatic rings. The topological polar surface area (TPSA) is 71.1 Å². The summed E-state index contributed by atoms with van der Waals surface area (Å²) in [4.78, 5) is 24.7. The maximum Gasteiger partial charge on any atom is 0.331 e. The fourth-order valence-electron chi connectivity index (χ4n) is 5.25. The zero-order valence-electron chi connectivity index (χ0n) is 26.2. The molecule has 1 saturated heterocycles. The van der Waals surface area contributed by atoms with Crippen LogP contribution in [0.25, 0.3) is 0 Å². The highest BCUT2D eigenvalue weighted by molar-refractivity contribution is 5.83. The van der Waals surface area contributed by atoms with Gasteiger partial charge >= 0.3 is 11.9 Å². The van der Waals surface area contributed by atoms with E-state index in [0.717, 1.165) is 16.7 Å². The van der Waals surface area contributed by atoms with E-state index in [4.69, 9.17) is 18.9 Å². The predicted molar refractivity (Wildman–Crippen MR) is 166 cm³/mol. The van der Waals surface area contributed by atoms with E-state index >= 15 is 0 Å². The van der Waals surface area contributed by atoms with Crippen molar-refractivity contribution in [2.45, 2.75) is 79.9 Å². The lowest BCUT2D eigenvalue weighted by Gasteiger charge is -2.38. The van der Waals surface area contributed by atoms with Crippen molar-refractivity contribution in [1.82, 2.24) is 0 Å². The van der Waals surface area contributed by atoms with Crippen molar-refractivity contribution in [2.75, 3.05) is 26.4 Å². The molecule has 0 N–H and O–H groups in total. The van der Waals surface area contributed by atoms with Gasteiger partial charge in [-0.3, -0.25) is 4.79 Å². The Morgan fingerprint density at radius 2 is 1.69 bits per heavy atom. The molecule has 1 aliphatic heterocycles. The number of carbonyl (C=O) groups excluding carboxylic acids is 2. The van der Waals surface area contributed by atoms with Crippen molar-refractivity contribution < 1.29 is 28.5 Å². The van der Waals surface area contributed by atoms with Gasteiger partial charge in [-0.2, -0.15) is 0 Å². The van der Waals surface area contributed by atoms with Crippen LogP contribution in [0.5, 0.6) is 0 Å². The van der Waals surface area contributed by atoms with Crippen LogP contribution in [-0.4, -0.2) is 38.4 Å². The summed E-state index contributed by atoms with van der Waals surface area (Å²) >= 11 is 0. The van der Waals surface area contributed by atoms with E-state index < -0.39 is 17.7 Å². The summed E-state index contributed by atoms with van der Waals surface area (Å²) < 4.78 is 23.1. The van der Waals surface area contributed by atoms with Crippen LogP contribution in [0.3, 0.4) is 0 Å². The van der Waals surface area contributed by atoms with Crippen molar-refractivity contribution in [1.29, 1.82) is 0 Å². The van der Waals surface area contributed by atoms with Gasteiger partial charge in [0, 0.05) is 18.1 Å². The van der Waals surface area contributed by atoms with E-state index in [1.54, 1.807) is 0 Å². The molecule has 0 unspecified atom stereocenters. The Hall–Kier alpha value is -3.22. The van der Waals surface area contributed by atoms with Crippen molar-refractivity contribution in [2.24, 2.45) is 10.8 Å². The standard InChI is InChI=1S/C36H48O6/c1-7-13-32(37)39-23-36(25-41-34(42-26-36)30-17-9-8-10-18-30)24-40-33(38)22-28(3)15-11-14-27(2)19-20-31-29(4)16-12-21-35(31,5)6/h8-11,14-15,17-20,22,34H,7,12-13,16,21,23-26H2,1-6H3/b15-11+,20-19+,27-14+,28-22+. The second-order valence-electron chi connectivity index (χ2n) is 12.3. The van der Waals surface area contributed by atoms with Crippen molar-refractivity contribution in [3.8, 4) is 0 Å². The first-order valence-corrected chi connectivity index (χ1v) is 15.1. The average molecular weight is 577 g/mol. The molecule has 0 saturated carbocycles. The minimum absolute atomic E-state index is 0.00959. The predicted octanol–water partition coefficient (Wildman–Crippen LogP) is 8.14. The molecule has 3 rings (SSSR count). The zero-order chi connectivity index (χ0) is 30.6. The Balaban J connectivity index is 1.57. The van der Waals surface area contributed by atoms with Crippen molar-refractivity contribution in [3.05, 3.63) is 94.6 Å². The smallest absolute Gasteiger partial charge is 0.331 e. The molecular formula is C36H48O6. The van der Waals surface area contributed by atoms with E-state index in [-0.39, 0.29) is 37.8 Å². The van der Waals surface area contributed by atoms with E-state index in [2.05, 4.69) is 39.8 Å².